The average Bonchev–Trinajstić information content (AvgIpc) is 2.46. The molecule has 104 valence electrons. The topological polar surface area (TPSA) is 38.3 Å². The van der Waals surface area contributed by atoms with E-state index in [1.165, 1.54) is 5.56 Å². The second-order valence-electron chi connectivity index (χ2n) is 4.67. The Kier molecular flexibility index (Phi) is 4.77. The second kappa shape index (κ2) is 6.75. The van der Waals surface area contributed by atoms with E-state index in [1.54, 1.807) is 12.1 Å². The third-order valence-electron chi connectivity index (χ3n) is 2.92. The summed E-state index contributed by atoms with van der Waals surface area (Å²) in [5, 5.41) is 2.78. The Labute approximate surface area is 119 Å². The molecule has 2 aromatic rings. The zero-order valence-corrected chi connectivity index (χ0v) is 11.8. The number of rotatable bonds is 5. The van der Waals surface area contributed by atoms with Crippen molar-refractivity contribution in [1.82, 2.24) is 5.32 Å². The third-order valence-corrected chi connectivity index (χ3v) is 2.92. The monoisotopic (exact) mass is 269 g/mol. The number of nitrogens with one attached hydrogen (secondary N) is 1. The van der Waals surface area contributed by atoms with Gasteiger partial charge in [-0.15, -0.1) is 0 Å². The first kappa shape index (κ1) is 14.1. The molecule has 2 aromatic carbocycles. The molecule has 0 heterocycles. The van der Waals surface area contributed by atoms with Crippen molar-refractivity contribution in [3.8, 4) is 5.75 Å². The predicted octanol–water partition coefficient (Wildman–Crippen LogP) is 3.32. The number of hydrogen-bond donors (Lipinski definition) is 1. The number of amides is 1. The first-order chi connectivity index (χ1) is 9.69. The van der Waals surface area contributed by atoms with Gasteiger partial charge in [0.2, 0.25) is 0 Å². The first-order valence-corrected chi connectivity index (χ1v) is 6.75. The van der Waals surface area contributed by atoms with Gasteiger partial charge in [-0.1, -0.05) is 35.9 Å². The standard InChI is InChI=1S/C17H19NO2/c1-3-18-17(19)15-8-5-9-16(11-15)20-12-14-7-4-6-13(2)10-14/h4-11H,3,12H2,1-2H3,(H,18,19). The fourth-order valence-electron chi connectivity index (χ4n) is 1.96. The first-order valence-electron chi connectivity index (χ1n) is 6.75. The fraction of sp³-hybridized carbons (Fsp3) is 0.235. The minimum absolute atomic E-state index is 0.0755. The minimum Gasteiger partial charge on any atom is -0.489 e. The molecule has 1 N–H and O–H groups in total. The van der Waals surface area contributed by atoms with Crippen molar-refractivity contribution in [1.29, 1.82) is 0 Å². The van der Waals surface area contributed by atoms with Gasteiger partial charge in [0.1, 0.15) is 12.4 Å². The van der Waals surface area contributed by atoms with Crippen LogP contribution in [0.4, 0.5) is 0 Å². The van der Waals surface area contributed by atoms with E-state index in [0.717, 1.165) is 5.56 Å². The summed E-state index contributed by atoms with van der Waals surface area (Å²) in [4.78, 5) is 11.7. The van der Waals surface area contributed by atoms with E-state index in [2.05, 4.69) is 24.4 Å². The highest BCUT2D eigenvalue weighted by atomic mass is 16.5. The van der Waals surface area contributed by atoms with Crippen molar-refractivity contribution >= 4 is 5.91 Å². The van der Waals surface area contributed by atoms with Crippen LogP contribution in [0.15, 0.2) is 48.5 Å². The summed E-state index contributed by atoms with van der Waals surface area (Å²) in [6.07, 6.45) is 0. The molecule has 0 bridgehead atoms. The molecule has 0 aliphatic rings. The van der Waals surface area contributed by atoms with Crippen LogP contribution in [-0.2, 0) is 6.61 Å². The molecule has 0 spiro atoms. The Hall–Kier alpha value is -2.29. The molecule has 0 radical (unpaired) electrons. The van der Waals surface area contributed by atoms with Gasteiger partial charge in [0, 0.05) is 12.1 Å². The van der Waals surface area contributed by atoms with Gasteiger partial charge in [-0.3, -0.25) is 4.79 Å². The summed E-state index contributed by atoms with van der Waals surface area (Å²) >= 11 is 0. The normalized spacial score (nSPS) is 10.1. The Bertz CT molecular complexity index is 593. The SMILES string of the molecule is CCNC(=O)c1cccc(OCc2cccc(C)c2)c1. The summed E-state index contributed by atoms with van der Waals surface area (Å²) in [6, 6.07) is 15.4. The van der Waals surface area contributed by atoms with Gasteiger partial charge in [-0.2, -0.15) is 0 Å². The van der Waals surface area contributed by atoms with E-state index >= 15 is 0 Å². The predicted molar refractivity (Wildman–Crippen MR) is 80.0 cm³/mol. The van der Waals surface area contributed by atoms with E-state index < -0.39 is 0 Å². The third kappa shape index (κ3) is 3.85. The van der Waals surface area contributed by atoms with E-state index in [-0.39, 0.29) is 5.91 Å². The molecule has 3 heteroatoms. The molecule has 0 aromatic heterocycles. The highest BCUT2D eigenvalue weighted by Crippen LogP contribution is 2.15. The van der Waals surface area contributed by atoms with Crippen LogP contribution in [0.3, 0.4) is 0 Å². The van der Waals surface area contributed by atoms with Gasteiger partial charge < -0.3 is 10.1 Å². The molecule has 0 saturated heterocycles. The van der Waals surface area contributed by atoms with E-state index in [1.807, 2.05) is 31.2 Å². The molecular formula is C17H19NO2. The zero-order valence-electron chi connectivity index (χ0n) is 11.8. The van der Waals surface area contributed by atoms with Crippen LogP contribution in [0.5, 0.6) is 5.75 Å². The smallest absolute Gasteiger partial charge is 0.251 e. The molecule has 3 nitrogen and oxygen atoms in total. The molecule has 0 fully saturated rings. The van der Waals surface area contributed by atoms with Gasteiger partial charge in [0.25, 0.3) is 5.91 Å². The fourth-order valence-corrected chi connectivity index (χ4v) is 1.96. The van der Waals surface area contributed by atoms with Gasteiger partial charge in [0.05, 0.1) is 0 Å². The van der Waals surface area contributed by atoms with Crippen LogP contribution in [0.1, 0.15) is 28.4 Å². The number of aryl methyl sites for hydroxylation is 1. The molecular weight excluding hydrogens is 250 g/mol. The van der Waals surface area contributed by atoms with Crippen molar-refractivity contribution < 1.29 is 9.53 Å². The number of benzene rings is 2. The van der Waals surface area contributed by atoms with E-state index in [0.29, 0.717) is 24.5 Å². The molecule has 0 aliphatic carbocycles. The van der Waals surface area contributed by atoms with Gasteiger partial charge in [-0.05, 0) is 37.6 Å². The number of ether oxygens (including phenoxy) is 1. The van der Waals surface area contributed by atoms with E-state index in [4.69, 9.17) is 4.74 Å². The Balaban J connectivity index is 2.03. The van der Waals surface area contributed by atoms with E-state index in [9.17, 15) is 4.79 Å². The number of carbonyl (C=O) groups excluding carboxylic acids is 1. The minimum atomic E-state index is -0.0755. The maximum absolute atomic E-state index is 11.7. The number of hydrogen-bond acceptors (Lipinski definition) is 2. The average molecular weight is 269 g/mol. The molecule has 20 heavy (non-hydrogen) atoms. The lowest BCUT2D eigenvalue weighted by atomic mass is 10.1. The second-order valence-corrected chi connectivity index (χ2v) is 4.67. The summed E-state index contributed by atoms with van der Waals surface area (Å²) in [5.74, 6) is 0.628. The Morgan fingerprint density at radius 1 is 1.15 bits per heavy atom. The van der Waals surface area contributed by atoms with Crippen molar-refractivity contribution in [3.05, 3.63) is 65.2 Å². The van der Waals surface area contributed by atoms with Crippen LogP contribution < -0.4 is 10.1 Å². The van der Waals surface area contributed by atoms with Crippen LogP contribution >= 0.6 is 0 Å². The lowest BCUT2D eigenvalue weighted by Crippen LogP contribution is -2.22. The number of carbonyl (C=O) groups is 1. The summed E-state index contributed by atoms with van der Waals surface area (Å²) in [7, 11) is 0. The van der Waals surface area contributed by atoms with Crippen molar-refractivity contribution in [2.75, 3.05) is 6.54 Å². The van der Waals surface area contributed by atoms with Gasteiger partial charge in [-0.25, -0.2) is 0 Å². The molecule has 0 aliphatic heterocycles. The lowest BCUT2D eigenvalue weighted by molar-refractivity contribution is 0.0955. The van der Waals surface area contributed by atoms with Crippen LogP contribution in [-0.4, -0.2) is 12.5 Å². The maximum atomic E-state index is 11.7. The van der Waals surface area contributed by atoms with Crippen LogP contribution in [0.25, 0.3) is 0 Å². The molecule has 1 amide bonds. The summed E-state index contributed by atoms with van der Waals surface area (Å²) < 4.78 is 5.74. The molecule has 0 saturated carbocycles. The Morgan fingerprint density at radius 2 is 1.95 bits per heavy atom. The summed E-state index contributed by atoms with van der Waals surface area (Å²) in [5.41, 5.74) is 2.95. The van der Waals surface area contributed by atoms with Crippen molar-refractivity contribution in [2.24, 2.45) is 0 Å². The van der Waals surface area contributed by atoms with Gasteiger partial charge in [0.15, 0.2) is 0 Å². The van der Waals surface area contributed by atoms with Crippen LogP contribution in [0.2, 0.25) is 0 Å². The molecule has 2 rings (SSSR count). The highest BCUT2D eigenvalue weighted by molar-refractivity contribution is 5.94. The molecule has 0 unspecified atom stereocenters. The largest absolute Gasteiger partial charge is 0.489 e. The lowest BCUT2D eigenvalue weighted by Gasteiger charge is -2.08. The highest BCUT2D eigenvalue weighted by Gasteiger charge is 2.05. The molecule has 0 atom stereocenters. The van der Waals surface area contributed by atoms with Crippen molar-refractivity contribution in [2.45, 2.75) is 20.5 Å². The Morgan fingerprint density at radius 3 is 2.70 bits per heavy atom. The summed E-state index contributed by atoms with van der Waals surface area (Å²) in [6.45, 7) is 5.07. The quantitative estimate of drug-likeness (QED) is 0.904. The van der Waals surface area contributed by atoms with Crippen molar-refractivity contribution in [3.63, 3.8) is 0 Å². The van der Waals surface area contributed by atoms with Gasteiger partial charge >= 0.3 is 0 Å². The maximum Gasteiger partial charge on any atom is 0.251 e. The van der Waals surface area contributed by atoms with Crippen LogP contribution in [0, 0.1) is 6.92 Å². The zero-order chi connectivity index (χ0) is 14.4.